The molecule has 0 unspecified atom stereocenters. The van der Waals surface area contributed by atoms with Crippen LogP contribution in [0.5, 0.6) is 0 Å². The van der Waals surface area contributed by atoms with E-state index >= 15 is 0 Å². The van der Waals surface area contributed by atoms with Crippen LogP contribution in [0.4, 0.5) is 0 Å². The molecule has 4 heteroatoms. The molecule has 0 saturated heterocycles. The quantitative estimate of drug-likeness (QED) is 0.917. The van der Waals surface area contributed by atoms with Crippen LogP contribution in [0.3, 0.4) is 0 Å². The lowest BCUT2D eigenvalue weighted by Gasteiger charge is -2.13. The molecule has 0 fully saturated rings. The number of nitrogens with one attached hydrogen (secondary N) is 1. The monoisotopic (exact) mass is 263 g/mol. The van der Waals surface area contributed by atoms with Gasteiger partial charge in [-0.2, -0.15) is 5.10 Å². The molecule has 96 valence electrons. The molecule has 0 saturated carbocycles. The maximum absolute atomic E-state index is 6.25. The highest BCUT2D eigenvalue weighted by Gasteiger charge is 2.16. The smallest absolute Gasteiger partial charge is 0.0835 e. The topological polar surface area (TPSA) is 29.9 Å². The van der Waals surface area contributed by atoms with Crippen LogP contribution in [0, 0.1) is 0 Å². The fourth-order valence-corrected chi connectivity index (χ4v) is 2.37. The summed E-state index contributed by atoms with van der Waals surface area (Å²) >= 11 is 6.25. The van der Waals surface area contributed by atoms with Crippen molar-refractivity contribution in [3.63, 3.8) is 0 Å². The number of nitrogens with zero attached hydrogens (tertiary/aromatic N) is 2. The van der Waals surface area contributed by atoms with E-state index in [2.05, 4.69) is 24.3 Å². The van der Waals surface area contributed by atoms with E-state index in [1.54, 1.807) is 0 Å². The van der Waals surface area contributed by atoms with Crippen LogP contribution >= 0.6 is 11.6 Å². The molecule has 0 aliphatic heterocycles. The molecule has 1 N–H and O–H groups in total. The van der Waals surface area contributed by atoms with Crippen LogP contribution in [-0.2, 0) is 6.54 Å². The van der Waals surface area contributed by atoms with Gasteiger partial charge in [0, 0.05) is 12.1 Å². The van der Waals surface area contributed by atoms with Crippen molar-refractivity contribution >= 4 is 11.6 Å². The van der Waals surface area contributed by atoms with Crippen molar-refractivity contribution < 1.29 is 0 Å². The Labute approximate surface area is 113 Å². The van der Waals surface area contributed by atoms with Crippen LogP contribution in [-0.4, -0.2) is 16.8 Å². The molecule has 0 atom stereocenters. The third-order valence-corrected chi connectivity index (χ3v) is 3.20. The standard InChI is InChI=1S/C14H18ClN3/c1-10(2)14-11(8-16-3)9-17-18(14)13-7-5-4-6-12(13)15/h4-7,9-10,16H,8H2,1-3H3. The molecular weight excluding hydrogens is 246 g/mol. The van der Waals surface area contributed by atoms with Gasteiger partial charge in [-0.25, -0.2) is 4.68 Å². The predicted molar refractivity (Wildman–Crippen MR) is 75.4 cm³/mol. The number of hydrogen-bond donors (Lipinski definition) is 1. The summed E-state index contributed by atoms with van der Waals surface area (Å²) in [6.07, 6.45) is 1.91. The number of halogens is 1. The Hall–Kier alpha value is -1.32. The lowest BCUT2D eigenvalue weighted by Crippen LogP contribution is -2.10. The first-order chi connectivity index (χ1) is 8.65. The van der Waals surface area contributed by atoms with E-state index in [4.69, 9.17) is 11.6 Å². The average molecular weight is 264 g/mol. The Balaban J connectivity index is 2.55. The Kier molecular flexibility index (Phi) is 4.04. The van der Waals surface area contributed by atoms with Crippen LogP contribution in [0.15, 0.2) is 30.5 Å². The highest BCUT2D eigenvalue weighted by molar-refractivity contribution is 6.32. The molecule has 1 aromatic carbocycles. The molecule has 0 bridgehead atoms. The molecule has 1 aromatic heterocycles. The number of para-hydroxylation sites is 1. The molecule has 0 spiro atoms. The van der Waals surface area contributed by atoms with Gasteiger partial charge in [-0.05, 0) is 25.1 Å². The van der Waals surface area contributed by atoms with Gasteiger partial charge >= 0.3 is 0 Å². The van der Waals surface area contributed by atoms with Gasteiger partial charge in [-0.3, -0.25) is 0 Å². The first-order valence-corrected chi connectivity index (χ1v) is 6.49. The van der Waals surface area contributed by atoms with E-state index in [1.807, 2.05) is 42.2 Å². The van der Waals surface area contributed by atoms with Crippen molar-refractivity contribution in [3.05, 3.63) is 46.7 Å². The highest BCUT2D eigenvalue weighted by Crippen LogP contribution is 2.26. The molecule has 2 aromatic rings. The summed E-state index contributed by atoms with van der Waals surface area (Å²) in [5.41, 5.74) is 3.36. The Bertz CT molecular complexity index is 532. The molecular formula is C14H18ClN3. The minimum atomic E-state index is 0.395. The van der Waals surface area contributed by atoms with Gasteiger partial charge < -0.3 is 5.32 Å². The number of aromatic nitrogens is 2. The Morgan fingerprint density at radius 2 is 2.06 bits per heavy atom. The zero-order valence-corrected chi connectivity index (χ0v) is 11.7. The van der Waals surface area contributed by atoms with Gasteiger partial charge in [-0.1, -0.05) is 37.6 Å². The lowest BCUT2D eigenvalue weighted by molar-refractivity contribution is 0.713. The van der Waals surface area contributed by atoms with Crippen molar-refractivity contribution in [1.82, 2.24) is 15.1 Å². The summed E-state index contributed by atoms with van der Waals surface area (Å²) in [5, 5.41) is 8.37. The minimum Gasteiger partial charge on any atom is -0.316 e. The lowest BCUT2D eigenvalue weighted by atomic mass is 10.1. The molecule has 18 heavy (non-hydrogen) atoms. The summed E-state index contributed by atoms with van der Waals surface area (Å²) < 4.78 is 1.94. The highest BCUT2D eigenvalue weighted by atomic mass is 35.5. The summed E-state index contributed by atoms with van der Waals surface area (Å²) in [6.45, 7) is 5.16. The van der Waals surface area contributed by atoms with E-state index in [0.717, 1.165) is 17.3 Å². The van der Waals surface area contributed by atoms with Crippen LogP contribution in [0.1, 0.15) is 31.0 Å². The van der Waals surface area contributed by atoms with Gasteiger partial charge in [-0.15, -0.1) is 0 Å². The SMILES string of the molecule is CNCc1cnn(-c2ccccc2Cl)c1C(C)C. The van der Waals surface area contributed by atoms with Crippen LogP contribution in [0.25, 0.3) is 5.69 Å². The molecule has 3 nitrogen and oxygen atoms in total. The predicted octanol–water partition coefficient (Wildman–Crippen LogP) is 3.37. The van der Waals surface area contributed by atoms with Gasteiger partial charge in [0.15, 0.2) is 0 Å². The largest absolute Gasteiger partial charge is 0.316 e. The second-order valence-corrected chi connectivity index (χ2v) is 5.01. The maximum Gasteiger partial charge on any atom is 0.0835 e. The molecule has 0 radical (unpaired) electrons. The fourth-order valence-electron chi connectivity index (χ4n) is 2.15. The Morgan fingerprint density at radius 1 is 1.33 bits per heavy atom. The molecule has 0 aliphatic carbocycles. The molecule has 2 rings (SSSR count). The zero-order chi connectivity index (χ0) is 13.1. The first-order valence-electron chi connectivity index (χ1n) is 6.11. The molecule has 1 heterocycles. The van der Waals surface area contributed by atoms with Crippen molar-refractivity contribution in [2.45, 2.75) is 26.3 Å². The average Bonchev–Trinajstić information content (AvgIpc) is 2.74. The summed E-state index contributed by atoms with van der Waals surface area (Å²) in [4.78, 5) is 0. The van der Waals surface area contributed by atoms with E-state index in [1.165, 1.54) is 11.3 Å². The second kappa shape index (κ2) is 5.55. The number of hydrogen-bond acceptors (Lipinski definition) is 2. The van der Waals surface area contributed by atoms with Crippen molar-refractivity contribution in [1.29, 1.82) is 0 Å². The van der Waals surface area contributed by atoms with E-state index < -0.39 is 0 Å². The Morgan fingerprint density at radius 3 is 2.67 bits per heavy atom. The first kappa shape index (κ1) is 13.1. The van der Waals surface area contributed by atoms with E-state index in [9.17, 15) is 0 Å². The van der Waals surface area contributed by atoms with Gasteiger partial charge in [0.25, 0.3) is 0 Å². The minimum absolute atomic E-state index is 0.395. The zero-order valence-electron chi connectivity index (χ0n) is 10.9. The van der Waals surface area contributed by atoms with Crippen LogP contribution in [0.2, 0.25) is 5.02 Å². The van der Waals surface area contributed by atoms with Gasteiger partial charge in [0.05, 0.1) is 22.6 Å². The second-order valence-electron chi connectivity index (χ2n) is 4.60. The van der Waals surface area contributed by atoms with Gasteiger partial charge in [0.1, 0.15) is 0 Å². The normalized spacial score (nSPS) is 11.2. The molecule has 0 amide bonds. The van der Waals surface area contributed by atoms with Crippen molar-refractivity contribution in [2.24, 2.45) is 0 Å². The van der Waals surface area contributed by atoms with E-state index in [0.29, 0.717) is 5.92 Å². The fraction of sp³-hybridized carbons (Fsp3) is 0.357. The number of benzene rings is 1. The van der Waals surface area contributed by atoms with Gasteiger partial charge in [0.2, 0.25) is 0 Å². The van der Waals surface area contributed by atoms with E-state index in [-0.39, 0.29) is 0 Å². The third kappa shape index (κ3) is 2.42. The summed E-state index contributed by atoms with van der Waals surface area (Å²) in [6, 6.07) is 7.79. The van der Waals surface area contributed by atoms with Crippen molar-refractivity contribution in [2.75, 3.05) is 7.05 Å². The maximum atomic E-state index is 6.25. The van der Waals surface area contributed by atoms with Crippen molar-refractivity contribution in [3.8, 4) is 5.69 Å². The van der Waals surface area contributed by atoms with Crippen LogP contribution < -0.4 is 5.32 Å². The summed E-state index contributed by atoms with van der Waals surface area (Å²) in [5.74, 6) is 0.395. The third-order valence-electron chi connectivity index (χ3n) is 2.88. The number of rotatable bonds is 4. The summed E-state index contributed by atoms with van der Waals surface area (Å²) in [7, 11) is 1.94. The molecule has 0 aliphatic rings.